The molecular weight excluding hydrogens is 564 g/mol. The number of amides is 1. The summed E-state index contributed by atoms with van der Waals surface area (Å²) in [5.74, 6) is 0.201. The first-order chi connectivity index (χ1) is 19.2. The molecule has 0 spiro atoms. The first kappa shape index (κ1) is 29.5. The summed E-state index contributed by atoms with van der Waals surface area (Å²) in [4.78, 5) is 13.9. The van der Waals surface area contributed by atoms with E-state index in [1.54, 1.807) is 84.6 Å². The number of carbonyl (C=O) groups excluding carboxylic acids is 1. The molecule has 0 aliphatic rings. The Morgan fingerprint density at radius 2 is 1.55 bits per heavy atom. The van der Waals surface area contributed by atoms with Crippen LogP contribution in [0.25, 0.3) is 0 Å². The second-order valence-corrected chi connectivity index (χ2v) is 12.5. The number of halogens is 1. The van der Waals surface area contributed by atoms with E-state index in [1.807, 2.05) is 44.4 Å². The summed E-state index contributed by atoms with van der Waals surface area (Å²) in [5, 5.41) is 3.51. The molecule has 0 bridgehead atoms. The number of rotatable bonds is 11. The number of nitrogens with one attached hydrogen (secondary N) is 1. The Kier molecular flexibility index (Phi) is 9.79. The van der Waals surface area contributed by atoms with Gasteiger partial charge in [0.05, 0.1) is 23.2 Å². The fourth-order valence-electron chi connectivity index (χ4n) is 4.02. The second kappa shape index (κ2) is 13.3. The Morgan fingerprint density at radius 3 is 2.15 bits per heavy atom. The Labute approximate surface area is 245 Å². The smallest absolute Gasteiger partial charge is 0.264 e. The van der Waals surface area contributed by atoms with Gasteiger partial charge in [-0.05, 0) is 91.9 Å². The van der Waals surface area contributed by atoms with Crippen LogP contribution in [0.5, 0.6) is 5.75 Å². The van der Waals surface area contributed by atoms with E-state index in [2.05, 4.69) is 5.32 Å². The molecule has 1 N–H and O–H groups in total. The van der Waals surface area contributed by atoms with Crippen LogP contribution in [0, 0.1) is 6.92 Å². The molecule has 0 saturated heterocycles. The Balaban J connectivity index is 1.46. The summed E-state index contributed by atoms with van der Waals surface area (Å²) < 4.78 is 34.4. The van der Waals surface area contributed by atoms with Crippen molar-refractivity contribution in [1.29, 1.82) is 0 Å². The fourth-order valence-corrected chi connectivity index (χ4v) is 6.01. The average molecular weight is 595 g/mol. The molecule has 0 aromatic heterocycles. The number of carbonyl (C=O) groups is 1. The molecule has 208 valence electrons. The molecule has 4 aromatic rings. The number of hydrogen-bond acceptors (Lipinski definition) is 5. The van der Waals surface area contributed by atoms with Crippen LogP contribution in [0.1, 0.15) is 29.7 Å². The molecule has 1 atom stereocenters. The Morgan fingerprint density at radius 1 is 0.925 bits per heavy atom. The Bertz CT molecular complexity index is 1520. The van der Waals surface area contributed by atoms with Gasteiger partial charge >= 0.3 is 0 Å². The molecule has 6 nitrogen and oxygen atoms in total. The van der Waals surface area contributed by atoms with Crippen molar-refractivity contribution in [3.63, 3.8) is 0 Å². The van der Waals surface area contributed by atoms with E-state index in [9.17, 15) is 13.2 Å². The maximum absolute atomic E-state index is 13.7. The highest BCUT2D eigenvalue weighted by atomic mass is 35.5. The van der Waals surface area contributed by atoms with Gasteiger partial charge in [0.15, 0.2) is 6.61 Å². The van der Waals surface area contributed by atoms with Crippen molar-refractivity contribution in [3.8, 4) is 5.75 Å². The van der Waals surface area contributed by atoms with E-state index < -0.39 is 10.0 Å². The molecule has 40 heavy (non-hydrogen) atoms. The quantitative estimate of drug-likeness (QED) is 0.189. The van der Waals surface area contributed by atoms with Crippen molar-refractivity contribution in [1.82, 2.24) is 5.32 Å². The van der Waals surface area contributed by atoms with Crippen LogP contribution in [0.4, 0.5) is 5.69 Å². The molecule has 0 heterocycles. The van der Waals surface area contributed by atoms with Crippen molar-refractivity contribution in [2.45, 2.75) is 36.2 Å². The third-order valence-electron chi connectivity index (χ3n) is 6.34. The van der Waals surface area contributed by atoms with Gasteiger partial charge in [0.1, 0.15) is 5.75 Å². The summed E-state index contributed by atoms with van der Waals surface area (Å²) in [6.45, 7) is 3.78. The molecule has 0 fully saturated rings. The van der Waals surface area contributed by atoms with Crippen LogP contribution in [-0.2, 0) is 21.4 Å². The van der Waals surface area contributed by atoms with Crippen molar-refractivity contribution >= 4 is 45.0 Å². The highest BCUT2D eigenvalue weighted by molar-refractivity contribution is 7.98. The summed E-state index contributed by atoms with van der Waals surface area (Å²) in [6.07, 6.45) is 2.02. The van der Waals surface area contributed by atoms with E-state index in [0.717, 1.165) is 21.6 Å². The van der Waals surface area contributed by atoms with Gasteiger partial charge in [-0.1, -0.05) is 53.6 Å². The van der Waals surface area contributed by atoms with Gasteiger partial charge in [-0.25, -0.2) is 8.42 Å². The lowest BCUT2D eigenvalue weighted by Crippen LogP contribution is -2.31. The van der Waals surface area contributed by atoms with E-state index in [0.29, 0.717) is 16.5 Å². The monoisotopic (exact) mass is 594 g/mol. The van der Waals surface area contributed by atoms with Gasteiger partial charge in [-0.15, -0.1) is 11.8 Å². The van der Waals surface area contributed by atoms with Gasteiger partial charge in [-0.2, -0.15) is 0 Å². The zero-order chi connectivity index (χ0) is 28.7. The zero-order valence-corrected chi connectivity index (χ0v) is 24.9. The maximum atomic E-state index is 13.7. The fraction of sp³-hybridized carbons (Fsp3) is 0.194. The van der Waals surface area contributed by atoms with Gasteiger partial charge < -0.3 is 10.1 Å². The molecule has 0 aliphatic carbocycles. The normalized spacial score (nSPS) is 12.0. The van der Waals surface area contributed by atoms with Crippen LogP contribution in [0.15, 0.2) is 107 Å². The molecular formula is C31H31ClN2O4S2. The van der Waals surface area contributed by atoms with Gasteiger partial charge in [-0.3, -0.25) is 9.10 Å². The summed E-state index contributed by atoms with van der Waals surface area (Å²) in [5.41, 5.74) is 3.23. The highest BCUT2D eigenvalue weighted by Crippen LogP contribution is 2.28. The summed E-state index contributed by atoms with van der Waals surface area (Å²) >= 11 is 7.69. The van der Waals surface area contributed by atoms with Crippen molar-refractivity contribution < 1.29 is 17.9 Å². The van der Waals surface area contributed by atoms with E-state index in [1.165, 1.54) is 4.31 Å². The number of aryl methyl sites for hydroxylation is 1. The molecule has 0 unspecified atom stereocenters. The van der Waals surface area contributed by atoms with Crippen LogP contribution >= 0.6 is 23.4 Å². The van der Waals surface area contributed by atoms with E-state index >= 15 is 0 Å². The number of nitrogens with zero attached hydrogens (tertiary/aromatic N) is 1. The van der Waals surface area contributed by atoms with Crippen LogP contribution in [-0.4, -0.2) is 27.2 Å². The second-order valence-electron chi connectivity index (χ2n) is 9.30. The predicted octanol–water partition coefficient (Wildman–Crippen LogP) is 7.02. The topological polar surface area (TPSA) is 75.7 Å². The van der Waals surface area contributed by atoms with Gasteiger partial charge in [0.25, 0.3) is 15.9 Å². The predicted molar refractivity (Wildman–Crippen MR) is 163 cm³/mol. The summed E-state index contributed by atoms with van der Waals surface area (Å²) in [7, 11) is -3.87. The molecule has 0 saturated carbocycles. The number of ether oxygens (including phenoxy) is 1. The molecule has 9 heteroatoms. The van der Waals surface area contributed by atoms with E-state index in [4.69, 9.17) is 16.3 Å². The number of hydrogen-bond donors (Lipinski definition) is 1. The molecule has 0 radical (unpaired) electrons. The van der Waals surface area contributed by atoms with Gasteiger partial charge in [0.2, 0.25) is 0 Å². The lowest BCUT2D eigenvalue weighted by molar-refractivity contribution is -0.123. The van der Waals surface area contributed by atoms with Crippen molar-refractivity contribution in [3.05, 3.63) is 119 Å². The minimum Gasteiger partial charge on any atom is -0.484 e. The minimum atomic E-state index is -3.87. The molecule has 0 aliphatic heterocycles. The van der Waals surface area contributed by atoms with E-state index in [-0.39, 0.29) is 30.0 Å². The van der Waals surface area contributed by atoms with Crippen LogP contribution < -0.4 is 14.4 Å². The lowest BCUT2D eigenvalue weighted by Gasteiger charge is -2.25. The SMILES string of the molecule is CSc1ccc([C@@H](C)NC(=O)COc2ccc(N(Cc3ccc(Cl)cc3)S(=O)(=O)c3ccc(C)cc3)cc2)cc1. The molecule has 4 rings (SSSR count). The number of anilines is 1. The third-order valence-corrected chi connectivity index (χ3v) is 9.12. The van der Waals surface area contributed by atoms with Crippen LogP contribution in [0.2, 0.25) is 5.02 Å². The first-order valence-corrected chi connectivity index (χ1v) is 15.7. The average Bonchev–Trinajstić information content (AvgIpc) is 2.96. The number of thioether (sulfide) groups is 1. The first-order valence-electron chi connectivity index (χ1n) is 12.7. The Hall–Kier alpha value is -3.46. The third kappa shape index (κ3) is 7.59. The standard InChI is InChI=1S/C31H31ClN2O4S2/c1-22-4-18-30(19-5-22)40(36,37)34(20-24-6-10-26(32)11-7-24)27-12-14-28(15-13-27)38-21-31(35)33-23(2)25-8-16-29(39-3)17-9-25/h4-19,23H,20-21H2,1-3H3,(H,33,35)/t23-/m1/s1. The molecule has 1 amide bonds. The molecule has 4 aromatic carbocycles. The van der Waals surface area contributed by atoms with Gasteiger partial charge in [0, 0.05) is 9.92 Å². The minimum absolute atomic E-state index is 0.117. The van der Waals surface area contributed by atoms with Crippen LogP contribution in [0.3, 0.4) is 0 Å². The van der Waals surface area contributed by atoms with Crippen molar-refractivity contribution in [2.24, 2.45) is 0 Å². The number of sulfonamides is 1. The lowest BCUT2D eigenvalue weighted by atomic mass is 10.1. The largest absolute Gasteiger partial charge is 0.484 e. The zero-order valence-electron chi connectivity index (χ0n) is 22.5. The highest BCUT2D eigenvalue weighted by Gasteiger charge is 2.25. The number of benzene rings is 4. The van der Waals surface area contributed by atoms with Crippen molar-refractivity contribution in [2.75, 3.05) is 17.2 Å². The summed E-state index contributed by atoms with van der Waals surface area (Å²) in [6, 6.07) is 28.4. The maximum Gasteiger partial charge on any atom is 0.264 e.